The summed E-state index contributed by atoms with van der Waals surface area (Å²) in [6.07, 6.45) is 1.46. The molecule has 0 spiro atoms. The van der Waals surface area contributed by atoms with Crippen LogP contribution in [0.15, 0.2) is 55.2 Å². The highest BCUT2D eigenvalue weighted by atomic mass is 35.5. The van der Waals surface area contributed by atoms with Crippen molar-refractivity contribution in [1.29, 1.82) is 0 Å². The Bertz CT molecular complexity index is 589. The summed E-state index contributed by atoms with van der Waals surface area (Å²) in [4.78, 5) is 12.8. The lowest BCUT2D eigenvalue weighted by molar-refractivity contribution is 0.227. The van der Waals surface area contributed by atoms with Gasteiger partial charge in [-0.05, 0) is 34.9 Å². The Hall–Kier alpha value is -1.80. The molecule has 1 amide bonds. The zero-order valence-corrected chi connectivity index (χ0v) is 10.9. The Morgan fingerprint density at radius 2 is 1.94 bits per heavy atom. The van der Waals surface area contributed by atoms with Crippen molar-refractivity contribution in [2.45, 2.75) is 13.0 Å². The molecule has 2 nitrogen and oxygen atoms in total. The first-order chi connectivity index (χ1) is 8.65. The van der Waals surface area contributed by atoms with Crippen LogP contribution in [0.2, 0.25) is 0 Å². The fraction of sp³-hybridized carbons (Fsp3) is 0.133. The molecular weight excluding hydrogens is 246 g/mol. The molecule has 0 heterocycles. The van der Waals surface area contributed by atoms with Crippen molar-refractivity contribution in [3.05, 3.63) is 60.8 Å². The Morgan fingerprint density at radius 1 is 1.28 bits per heavy atom. The third-order valence-corrected chi connectivity index (χ3v) is 3.29. The first-order valence-corrected chi connectivity index (χ1v) is 6.11. The number of carbonyl (C=O) groups is 1. The quantitative estimate of drug-likeness (QED) is 0.578. The summed E-state index contributed by atoms with van der Waals surface area (Å²) >= 11 is 5.56. The van der Waals surface area contributed by atoms with Gasteiger partial charge in [0.15, 0.2) is 0 Å². The molecule has 0 N–H and O–H groups in total. The van der Waals surface area contributed by atoms with Crippen LogP contribution in [0, 0.1) is 0 Å². The minimum atomic E-state index is -0.523. The van der Waals surface area contributed by atoms with Gasteiger partial charge in [0.1, 0.15) is 0 Å². The predicted molar refractivity (Wildman–Crippen MR) is 75.6 cm³/mol. The number of carbonyl (C=O) groups excluding carboxylic acids is 1. The van der Waals surface area contributed by atoms with Gasteiger partial charge in [-0.25, -0.2) is 0 Å². The van der Waals surface area contributed by atoms with E-state index in [1.165, 1.54) is 11.1 Å². The fourth-order valence-electron chi connectivity index (χ4n) is 2.15. The van der Waals surface area contributed by atoms with Crippen LogP contribution in [-0.4, -0.2) is 10.3 Å². The van der Waals surface area contributed by atoms with E-state index in [-0.39, 0.29) is 6.04 Å². The van der Waals surface area contributed by atoms with E-state index in [9.17, 15) is 4.79 Å². The summed E-state index contributed by atoms with van der Waals surface area (Å²) in [6, 6.07) is 14.0. The molecule has 0 saturated carbocycles. The molecule has 0 fully saturated rings. The summed E-state index contributed by atoms with van der Waals surface area (Å²) in [5.41, 5.74) is 1.06. The molecule has 1 atom stereocenters. The van der Waals surface area contributed by atoms with Crippen molar-refractivity contribution >= 4 is 27.7 Å². The van der Waals surface area contributed by atoms with Crippen molar-refractivity contribution in [2.24, 2.45) is 0 Å². The predicted octanol–water partition coefficient (Wildman–Crippen LogP) is 4.71. The average molecular weight is 260 g/mol. The summed E-state index contributed by atoms with van der Waals surface area (Å²) in [5.74, 6) is 0. The molecule has 0 unspecified atom stereocenters. The van der Waals surface area contributed by atoms with Crippen LogP contribution in [-0.2, 0) is 0 Å². The van der Waals surface area contributed by atoms with Crippen LogP contribution >= 0.6 is 11.6 Å². The largest absolute Gasteiger partial charge is 0.320 e. The second-order valence-corrected chi connectivity index (χ2v) is 4.41. The molecule has 0 aromatic heterocycles. The second kappa shape index (κ2) is 5.23. The Kier molecular flexibility index (Phi) is 3.68. The number of benzene rings is 2. The molecule has 2 rings (SSSR count). The zero-order valence-electron chi connectivity index (χ0n) is 10.1. The van der Waals surface area contributed by atoms with Gasteiger partial charge in [-0.3, -0.25) is 9.69 Å². The monoisotopic (exact) mass is 259 g/mol. The van der Waals surface area contributed by atoms with E-state index in [4.69, 9.17) is 11.6 Å². The third-order valence-electron chi connectivity index (χ3n) is 3.09. The van der Waals surface area contributed by atoms with Gasteiger partial charge >= 0.3 is 5.37 Å². The highest BCUT2D eigenvalue weighted by molar-refractivity contribution is 6.63. The van der Waals surface area contributed by atoms with E-state index in [0.717, 1.165) is 16.3 Å². The van der Waals surface area contributed by atoms with E-state index in [1.807, 2.05) is 49.4 Å². The highest BCUT2D eigenvalue weighted by Gasteiger charge is 2.18. The number of amides is 1. The van der Waals surface area contributed by atoms with Gasteiger partial charge in [-0.1, -0.05) is 49.0 Å². The highest BCUT2D eigenvalue weighted by Crippen LogP contribution is 2.28. The third kappa shape index (κ3) is 2.24. The SMILES string of the molecule is C=CN(C(=O)Cl)[C@@H](C)c1cccc2ccccc12. The van der Waals surface area contributed by atoms with Crippen molar-refractivity contribution in [2.75, 3.05) is 0 Å². The fourth-order valence-corrected chi connectivity index (χ4v) is 2.36. The summed E-state index contributed by atoms with van der Waals surface area (Å²) in [5, 5.41) is 1.75. The lowest BCUT2D eigenvalue weighted by atomic mass is 9.99. The van der Waals surface area contributed by atoms with Crippen molar-refractivity contribution in [1.82, 2.24) is 4.90 Å². The molecule has 0 aliphatic rings. The molecule has 0 aliphatic carbocycles. The van der Waals surface area contributed by atoms with Crippen LogP contribution in [0.25, 0.3) is 10.8 Å². The molecule has 92 valence electrons. The molecule has 2 aromatic rings. The van der Waals surface area contributed by atoms with E-state index < -0.39 is 5.37 Å². The van der Waals surface area contributed by atoms with Crippen LogP contribution < -0.4 is 0 Å². The zero-order chi connectivity index (χ0) is 13.1. The van der Waals surface area contributed by atoms with Crippen LogP contribution in [0.5, 0.6) is 0 Å². The van der Waals surface area contributed by atoms with Crippen molar-refractivity contribution < 1.29 is 4.79 Å². The van der Waals surface area contributed by atoms with Gasteiger partial charge < -0.3 is 0 Å². The molecule has 2 aromatic carbocycles. The summed E-state index contributed by atoms with van der Waals surface area (Å²) in [6.45, 7) is 5.56. The normalized spacial score (nSPS) is 12.1. The van der Waals surface area contributed by atoms with Gasteiger partial charge in [0, 0.05) is 6.20 Å². The first kappa shape index (κ1) is 12.7. The minimum absolute atomic E-state index is 0.140. The average Bonchev–Trinajstić information content (AvgIpc) is 2.38. The molecule has 0 aliphatic heterocycles. The topological polar surface area (TPSA) is 20.3 Å². The van der Waals surface area contributed by atoms with E-state index in [0.29, 0.717) is 0 Å². The number of hydrogen-bond acceptors (Lipinski definition) is 1. The number of nitrogens with zero attached hydrogens (tertiary/aromatic N) is 1. The number of halogens is 1. The van der Waals surface area contributed by atoms with Crippen molar-refractivity contribution in [3.63, 3.8) is 0 Å². The Balaban J connectivity index is 2.53. The molecular formula is C15H14ClNO. The van der Waals surface area contributed by atoms with Gasteiger partial charge in [0.2, 0.25) is 0 Å². The van der Waals surface area contributed by atoms with Crippen LogP contribution in [0.1, 0.15) is 18.5 Å². The maximum absolute atomic E-state index is 11.3. The maximum Gasteiger partial charge on any atom is 0.320 e. The smallest absolute Gasteiger partial charge is 0.299 e. The van der Waals surface area contributed by atoms with Crippen LogP contribution in [0.3, 0.4) is 0 Å². The standard InChI is InChI=1S/C15H14ClNO/c1-3-17(15(16)18)11(2)13-10-6-8-12-7-4-5-9-14(12)13/h3-11H,1H2,2H3/t11-/m0/s1. The van der Waals surface area contributed by atoms with Gasteiger partial charge in [0.25, 0.3) is 0 Å². The lowest BCUT2D eigenvalue weighted by Crippen LogP contribution is -2.23. The second-order valence-electron chi connectivity index (χ2n) is 4.09. The van der Waals surface area contributed by atoms with E-state index in [1.54, 1.807) is 0 Å². The summed E-state index contributed by atoms with van der Waals surface area (Å²) in [7, 11) is 0. The van der Waals surface area contributed by atoms with E-state index in [2.05, 4.69) is 6.58 Å². The van der Waals surface area contributed by atoms with Gasteiger partial charge in [-0.2, -0.15) is 0 Å². The van der Waals surface area contributed by atoms with Crippen LogP contribution in [0.4, 0.5) is 4.79 Å². The lowest BCUT2D eigenvalue weighted by Gasteiger charge is -2.24. The number of fused-ring (bicyclic) bond motifs is 1. The van der Waals surface area contributed by atoms with Crippen molar-refractivity contribution in [3.8, 4) is 0 Å². The molecule has 0 saturated heterocycles. The molecule has 0 bridgehead atoms. The summed E-state index contributed by atoms with van der Waals surface area (Å²) < 4.78 is 0. The number of rotatable bonds is 3. The minimum Gasteiger partial charge on any atom is -0.299 e. The Labute approximate surface area is 111 Å². The Morgan fingerprint density at radius 3 is 2.61 bits per heavy atom. The van der Waals surface area contributed by atoms with Gasteiger partial charge in [-0.15, -0.1) is 0 Å². The first-order valence-electron chi connectivity index (χ1n) is 5.73. The molecule has 0 radical (unpaired) electrons. The number of hydrogen-bond donors (Lipinski definition) is 0. The maximum atomic E-state index is 11.3. The molecule has 18 heavy (non-hydrogen) atoms. The van der Waals surface area contributed by atoms with E-state index >= 15 is 0 Å². The molecule has 3 heteroatoms. The van der Waals surface area contributed by atoms with Gasteiger partial charge in [0.05, 0.1) is 6.04 Å².